The largest absolute Gasteiger partial charge is 0.484 e. The van der Waals surface area contributed by atoms with Gasteiger partial charge in [0.1, 0.15) is 5.75 Å². The molecule has 0 aromatic heterocycles. The van der Waals surface area contributed by atoms with Crippen molar-refractivity contribution < 1.29 is 23.4 Å². The van der Waals surface area contributed by atoms with Crippen LogP contribution in [0, 0.1) is 5.92 Å². The molecule has 20 heavy (non-hydrogen) atoms. The van der Waals surface area contributed by atoms with Gasteiger partial charge in [0, 0.05) is 19.5 Å². The van der Waals surface area contributed by atoms with Crippen LogP contribution in [0.15, 0.2) is 30.3 Å². The maximum Gasteiger partial charge on any atom is 0.260 e. The molecule has 1 unspecified atom stereocenters. The number of halogens is 2. The second kappa shape index (κ2) is 6.17. The minimum absolute atomic E-state index is 0.0134. The lowest BCUT2D eigenvalue weighted by Crippen LogP contribution is -2.51. The van der Waals surface area contributed by atoms with Crippen LogP contribution in [0.4, 0.5) is 8.78 Å². The van der Waals surface area contributed by atoms with Gasteiger partial charge in [0.05, 0.1) is 12.5 Å². The molecule has 1 aromatic rings. The number of nitrogens with zero attached hydrogens (tertiary/aromatic N) is 1. The molecule has 0 radical (unpaired) electrons. The number of aliphatic hydroxyl groups is 1. The van der Waals surface area contributed by atoms with E-state index in [0.717, 1.165) is 0 Å². The molecule has 1 aliphatic rings. The van der Waals surface area contributed by atoms with Crippen LogP contribution in [0.3, 0.4) is 0 Å². The Morgan fingerprint density at radius 2 is 2.10 bits per heavy atom. The molecule has 6 heteroatoms. The van der Waals surface area contributed by atoms with Gasteiger partial charge in [-0.1, -0.05) is 18.2 Å². The second-order valence-electron chi connectivity index (χ2n) is 4.83. The highest BCUT2D eigenvalue weighted by Gasteiger charge is 2.44. The highest BCUT2D eigenvalue weighted by atomic mass is 19.3. The van der Waals surface area contributed by atoms with Crippen LogP contribution in [-0.4, -0.2) is 48.1 Å². The number of aliphatic hydroxyl groups excluding tert-OH is 1. The maximum absolute atomic E-state index is 13.4. The van der Waals surface area contributed by atoms with Crippen LogP contribution >= 0.6 is 0 Å². The van der Waals surface area contributed by atoms with Gasteiger partial charge < -0.3 is 14.7 Å². The zero-order valence-electron chi connectivity index (χ0n) is 11.0. The van der Waals surface area contributed by atoms with Gasteiger partial charge in [0.15, 0.2) is 6.61 Å². The summed E-state index contributed by atoms with van der Waals surface area (Å²) in [5.41, 5.74) is 0. The molecule has 0 spiro atoms. The first-order valence-corrected chi connectivity index (χ1v) is 6.47. The van der Waals surface area contributed by atoms with Crippen molar-refractivity contribution in [2.24, 2.45) is 5.92 Å². The summed E-state index contributed by atoms with van der Waals surface area (Å²) in [6.45, 7) is -0.967. The topological polar surface area (TPSA) is 49.8 Å². The number of hydrogen-bond donors (Lipinski definition) is 1. The fourth-order valence-corrected chi connectivity index (χ4v) is 2.15. The van der Waals surface area contributed by atoms with E-state index in [9.17, 15) is 13.6 Å². The number of carbonyl (C=O) groups is 1. The van der Waals surface area contributed by atoms with E-state index in [1.54, 1.807) is 24.3 Å². The Kier molecular flexibility index (Phi) is 4.54. The molecule has 1 saturated heterocycles. The molecule has 1 aromatic carbocycles. The molecule has 110 valence electrons. The molecule has 1 heterocycles. The van der Waals surface area contributed by atoms with Crippen molar-refractivity contribution in [1.29, 1.82) is 0 Å². The van der Waals surface area contributed by atoms with E-state index in [4.69, 9.17) is 9.84 Å². The molecule has 1 fully saturated rings. The number of alkyl halides is 2. The van der Waals surface area contributed by atoms with Crippen molar-refractivity contribution in [2.45, 2.75) is 12.3 Å². The summed E-state index contributed by atoms with van der Waals surface area (Å²) >= 11 is 0. The zero-order chi connectivity index (χ0) is 14.6. The molecule has 2 rings (SSSR count). The minimum atomic E-state index is -2.91. The monoisotopic (exact) mass is 285 g/mol. The molecule has 0 aliphatic carbocycles. The molecular formula is C14H17F2NO3. The van der Waals surface area contributed by atoms with E-state index in [1.165, 1.54) is 4.90 Å². The van der Waals surface area contributed by atoms with Gasteiger partial charge in [-0.05, 0) is 12.1 Å². The van der Waals surface area contributed by atoms with Crippen LogP contribution < -0.4 is 4.74 Å². The van der Waals surface area contributed by atoms with Gasteiger partial charge in [-0.15, -0.1) is 0 Å². The van der Waals surface area contributed by atoms with Gasteiger partial charge in [0.2, 0.25) is 0 Å². The molecule has 0 bridgehead atoms. The van der Waals surface area contributed by atoms with E-state index in [-0.39, 0.29) is 25.6 Å². The lowest BCUT2D eigenvalue weighted by Gasteiger charge is -2.37. The van der Waals surface area contributed by atoms with Crippen molar-refractivity contribution in [3.63, 3.8) is 0 Å². The molecule has 1 N–H and O–H groups in total. The lowest BCUT2D eigenvalue weighted by molar-refractivity contribution is -0.150. The normalized spacial score (nSPS) is 21.6. The highest BCUT2D eigenvalue weighted by molar-refractivity contribution is 5.77. The van der Waals surface area contributed by atoms with E-state index in [2.05, 4.69) is 0 Å². The summed E-state index contributed by atoms with van der Waals surface area (Å²) in [6, 6.07) is 8.82. The Bertz CT molecular complexity index is 453. The van der Waals surface area contributed by atoms with Gasteiger partial charge in [-0.25, -0.2) is 8.78 Å². The first-order valence-electron chi connectivity index (χ1n) is 6.47. The molecule has 1 aliphatic heterocycles. The molecule has 4 nitrogen and oxygen atoms in total. The van der Waals surface area contributed by atoms with Crippen LogP contribution in [0.25, 0.3) is 0 Å². The van der Waals surface area contributed by atoms with Gasteiger partial charge in [-0.2, -0.15) is 0 Å². The first-order chi connectivity index (χ1) is 9.53. The summed E-state index contributed by atoms with van der Waals surface area (Å²) in [5.74, 6) is -3.90. The van der Waals surface area contributed by atoms with Crippen LogP contribution in [0.2, 0.25) is 0 Å². The lowest BCUT2D eigenvalue weighted by atomic mass is 9.94. The number of rotatable bonds is 4. The van der Waals surface area contributed by atoms with E-state index in [1.807, 2.05) is 6.07 Å². The average molecular weight is 285 g/mol. The standard InChI is InChI=1S/C14H17F2NO3/c15-14(16)6-7-17(8-11(14)9-18)13(19)10-20-12-4-2-1-3-5-12/h1-5,11,18H,6-10H2. The number of benzene rings is 1. The van der Waals surface area contributed by atoms with E-state index < -0.39 is 24.9 Å². The zero-order valence-corrected chi connectivity index (χ0v) is 11.0. The molecule has 1 atom stereocenters. The number of carbonyl (C=O) groups excluding carboxylic acids is 1. The summed E-state index contributed by atoms with van der Waals surface area (Å²) in [6.07, 6.45) is -0.421. The Hall–Kier alpha value is -1.69. The third-order valence-electron chi connectivity index (χ3n) is 3.43. The van der Waals surface area contributed by atoms with Crippen LogP contribution in [0.1, 0.15) is 6.42 Å². The van der Waals surface area contributed by atoms with Crippen molar-refractivity contribution in [3.8, 4) is 5.75 Å². The summed E-state index contributed by atoms with van der Waals surface area (Å²) in [7, 11) is 0. The summed E-state index contributed by atoms with van der Waals surface area (Å²) < 4.78 is 32.2. The predicted molar refractivity (Wildman–Crippen MR) is 68.7 cm³/mol. The predicted octanol–water partition coefficient (Wildman–Crippen LogP) is 1.54. The Balaban J connectivity index is 1.87. The number of likely N-dealkylation sites (tertiary alicyclic amines) is 1. The van der Waals surface area contributed by atoms with Crippen LogP contribution in [0.5, 0.6) is 5.75 Å². The highest BCUT2D eigenvalue weighted by Crippen LogP contribution is 2.33. The van der Waals surface area contributed by atoms with Gasteiger partial charge >= 0.3 is 0 Å². The van der Waals surface area contributed by atoms with Gasteiger partial charge in [0.25, 0.3) is 11.8 Å². The van der Waals surface area contributed by atoms with Crippen molar-refractivity contribution >= 4 is 5.91 Å². The Morgan fingerprint density at radius 1 is 1.40 bits per heavy atom. The minimum Gasteiger partial charge on any atom is -0.484 e. The Labute approximate surface area is 116 Å². The number of hydrogen-bond acceptors (Lipinski definition) is 3. The molecule has 1 amide bonds. The quantitative estimate of drug-likeness (QED) is 0.913. The third kappa shape index (κ3) is 3.45. The average Bonchev–Trinajstić information content (AvgIpc) is 2.45. The number of amides is 1. The molecular weight excluding hydrogens is 268 g/mol. The van der Waals surface area contributed by atoms with Crippen molar-refractivity contribution in [1.82, 2.24) is 4.90 Å². The second-order valence-corrected chi connectivity index (χ2v) is 4.83. The summed E-state index contributed by atoms with van der Waals surface area (Å²) in [5, 5.41) is 8.98. The SMILES string of the molecule is O=C(COc1ccccc1)N1CCC(F)(F)C(CO)C1. The fraction of sp³-hybridized carbons (Fsp3) is 0.500. The third-order valence-corrected chi connectivity index (χ3v) is 3.43. The van der Waals surface area contributed by atoms with Crippen molar-refractivity contribution in [3.05, 3.63) is 30.3 Å². The Morgan fingerprint density at radius 3 is 2.75 bits per heavy atom. The maximum atomic E-state index is 13.4. The van der Waals surface area contributed by atoms with Crippen LogP contribution in [-0.2, 0) is 4.79 Å². The van der Waals surface area contributed by atoms with Gasteiger partial charge in [-0.3, -0.25) is 4.79 Å². The fourth-order valence-electron chi connectivity index (χ4n) is 2.15. The molecule has 0 saturated carbocycles. The number of ether oxygens (including phenoxy) is 1. The van der Waals surface area contributed by atoms with Crippen molar-refractivity contribution in [2.75, 3.05) is 26.3 Å². The first kappa shape index (κ1) is 14.7. The van der Waals surface area contributed by atoms with E-state index in [0.29, 0.717) is 5.75 Å². The smallest absolute Gasteiger partial charge is 0.260 e. The number of piperidine rings is 1. The van der Waals surface area contributed by atoms with E-state index >= 15 is 0 Å². The number of para-hydroxylation sites is 1. The summed E-state index contributed by atoms with van der Waals surface area (Å²) in [4.78, 5) is 13.2.